The lowest BCUT2D eigenvalue weighted by Gasteiger charge is -2.19. The molecule has 116 valence electrons. The van der Waals surface area contributed by atoms with Crippen molar-refractivity contribution in [2.75, 3.05) is 6.61 Å². The normalized spacial score (nSPS) is 19.3. The fourth-order valence-corrected chi connectivity index (χ4v) is 2.72. The zero-order valence-electron chi connectivity index (χ0n) is 12.1. The van der Waals surface area contributed by atoms with Crippen LogP contribution in [0.5, 0.6) is 0 Å². The molecule has 1 amide bonds. The van der Waals surface area contributed by atoms with Gasteiger partial charge in [0.2, 0.25) is 5.91 Å². The Balaban J connectivity index is 1.72. The minimum Gasteiger partial charge on any atom is -0.464 e. The van der Waals surface area contributed by atoms with E-state index in [1.807, 2.05) is 24.3 Å². The Hall–Kier alpha value is -1.83. The molecule has 1 fully saturated rings. The Kier molecular flexibility index (Phi) is 4.47. The highest BCUT2D eigenvalue weighted by Gasteiger charge is 2.31. The second kappa shape index (κ2) is 6.52. The van der Waals surface area contributed by atoms with Crippen LogP contribution in [0.4, 0.5) is 0 Å². The summed E-state index contributed by atoms with van der Waals surface area (Å²) >= 11 is 0. The van der Waals surface area contributed by atoms with Gasteiger partial charge >= 0.3 is 7.12 Å². The number of ether oxygens (including phenoxy) is 1. The zero-order valence-corrected chi connectivity index (χ0v) is 12.1. The third-order valence-corrected chi connectivity index (χ3v) is 3.91. The van der Waals surface area contributed by atoms with E-state index in [0.717, 1.165) is 23.0 Å². The van der Waals surface area contributed by atoms with Crippen LogP contribution in [0.25, 0.3) is 11.0 Å². The first-order chi connectivity index (χ1) is 10.6. The van der Waals surface area contributed by atoms with Gasteiger partial charge in [0.15, 0.2) is 0 Å². The van der Waals surface area contributed by atoms with Crippen molar-refractivity contribution in [2.24, 2.45) is 0 Å². The van der Waals surface area contributed by atoms with E-state index >= 15 is 0 Å². The van der Waals surface area contributed by atoms with Gasteiger partial charge in [-0.1, -0.05) is 18.2 Å². The van der Waals surface area contributed by atoms with Gasteiger partial charge in [-0.3, -0.25) is 4.79 Å². The highest BCUT2D eigenvalue weighted by molar-refractivity contribution is 6.43. The molecule has 2 aromatic rings. The summed E-state index contributed by atoms with van der Waals surface area (Å²) in [5, 5.41) is 22.6. The van der Waals surface area contributed by atoms with E-state index in [4.69, 9.17) is 9.15 Å². The molecule has 3 N–H and O–H groups in total. The number of carbonyl (C=O) groups excluding carboxylic acids is 1. The van der Waals surface area contributed by atoms with E-state index in [1.165, 1.54) is 0 Å². The molecule has 0 unspecified atom stereocenters. The molecule has 7 heteroatoms. The molecule has 0 aliphatic carbocycles. The summed E-state index contributed by atoms with van der Waals surface area (Å²) in [4.78, 5) is 12.1. The smallest absolute Gasteiger partial charge is 0.464 e. The van der Waals surface area contributed by atoms with Gasteiger partial charge < -0.3 is 24.5 Å². The van der Waals surface area contributed by atoms with Crippen LogP contribution < -0.4 is 5.32 Å². The lowest BCUT2D eigenvalue weighted by molar-refractivity contribution is -0.130. The average Bonchev–Trinajstić information content (AvgIpc) is 3.16. The molecule has 6 nitrogen and oxygen atoms in total. The summed E-state index contributed by atoms with van der Waals surface area (Å²) in [5.41, 5.74) is 1.55. The molecule has 3 rings (SSSR count). The molecule has 1 aliphatic rings. The molecule has 2 heterocycles. The molecular formula is C15H18BNO5. The largest absolute Gasteiger partial charge is 0.475 e. The third-order valence-electron chi connectivity index (χ3n) is 3.91. The number of fused-ring (bicyclic) bond motifs is 1. The molecule has 0 spiro atoms. The number of benzene rings is 1. The van der Waals surface area contributed by atoms with Crippen molar-refractivity contribution in [3.05, 3.63) is 36.1 Å². The Morgan fingerprint density at radius 3 is 2.95 bits per heavy atom. The van der Waals surface area contributed by atoms with Gasteiger partial charge in [-0.25, -0.2) is 0 Å². The summed E-state index contributed by atoms with van der Waals surface area (Å²) < 4.78 is 10.7. The fraction of sp³-hybridized carbons (Fsp3) is 0.400. The van der Waals surface area contributed by atoms with Crippen LogP contribution >= 0.6 is 0 Å². The van der Waals surface area contributed by atoms with E-state index < -0.39 is 19.2 Å². The minimum atomic E-state index is -1.65. The molecule has 0 saturated carbocycles. The minimum absolute atomic E-state index is 0.271. The van der Waals surface area contributed by atoms with Gasteiger partial charge in [-0.2, -0.15) is 0 Å². The summed E-state index contributed by atoms with van der Waals surface area (Å²) in [7, 11) is -1.65. The molecule has 1 aromatic carbocycles. The van der Waals surface area contributed by atoms with Crippen LogP contribution in [0.1, 0.15) is 18.4 Å². The van der Waals surface area contributed by atoms with Crippen molar-refractivity contribution < 1.29 is 24.0 Å². The summed E-state index contributed by atoms with van der Waals surface area (Å²) in [6.07, 6.45) is 2.86. The van der Waals surface area contributed by atoms with Crippen LogP contribution in [-0.4, -0.2) is 41.7 Å². The highest BCUT2D eigenvalue weighted by atomic mass is 16.5. The van der Waals surface area contributed by atoms with Gasteiger partial charge in [0.25, 0.3) is 0 Å². The first kappa shape index (κ1) is 15.1. The molecule has 1 saturated heterocycles. The number of furan rings is 1. The van der Waals surface area contributed by atoms with Gasteiger partial charge in [0.05, 0.1) is 12.2 Å². The number of para-hydroxylation sites is 1. The predicted octanol–water partition coefficient (Wildman–Crippen LogP) is 0.651. The molecular weight excluding hydrogens is 285 g/mol. The van der Waals surface area contributed by atoms with E-state index in [2.05, 4.69) is 5.32 Å². The number of rotatable bonds is 5. The summed E-state index contributed by atoms with van der Waals surface area (Å²) in [5.74, 6) is -1.11. The fourth-order valence-electron chi connectivity index (χ4n) is 2.72. The first-order valence-electron chi connectivity index (χ1n) is 7.38. The molecule has 0 radical (unpaired) electrons. The van der Waals surface area contributed by atoms with Gasteiger partial charge in [0.1, 0.15) is 11.7 Å². The van der Waals surface area contributed by atoms with Gasteiger partial charge in [-0.15, -0.1) is 0 Å². The molecule has 0 bridgehead atoms. The first-order valence-corrected chi connectivity index (χ1v) is 7.38. The SMILES string of the molecule is O=C(N[C@@H](Cc1coc2ccccc12)B(O)O)[C@H]1CCCO1. The lowest BCUT2D eigenvalue weighted by Crippen LogP contribution is -2.50. The van der Waals surface area contributed by atoms with Crippen molar-refractivity contribution >= 4 is 24.0 Å². The van der Waals surface area contributed by atoms with Crippen molar-refractivity contribution in [1.82, 2.24) is 5.32 Å². The van der Waals surface area contributed by atoms with Crippen LogP contribution in [0.3, 0.4) is 0 Å². The third kappa shape index (κ3) is 3.16. The Morgan fingerprint density at radius 1 is 1.41 bits per heavy atom. The van der Waals surface area contributed by atoms with Crippen molar-refractivity contribution in [2.45, 2.75) is 31.3 Å². The standard InChI is InChI=1S/C15H18BNO5/c18-15(13-6-3-7-21-13)17-14(16(19)20)8-10-9-22-12-5-2-1-4-11(10)12/h1-2,4-5,9,13-14,19-20H,3,6-8H2,(H,17,18)/t13-,14+/m1/s1. The number of carbonyl (C=O) groups is 1. The predicted molar refractivity (Wildman–Crippen MR) is 81.0 cm³/mol. The zero-order chi connectivity index (χ0) is 15.5. The molecule has 2 atom stereocenters. The van der Waals surface area contributed by atoms with E-state index in [0.29, 0.717) is 13.0 Å². The Bertz CT molecular complexity index is 650. The van der Waals surface area contributed by atoms with E-state index in [-0.39, 0.29) is 12.3 Å². The average molecular weight is 303 g/mol. The van der Waals surface area contributed by atoms with Crippen molar-refractivity contribution in [1.29, 1.82) is 0 Å². The second-order valence-electron chi connectivity index (χ2n) is 5.49. The monoisotopic (exact) mass is 303 g/mol. The number of nitrogens with one attached hydrogen (secondary N) is 1. The quantitative estimate of drug-likeness (QED) is 0.705. The summed E-state index contributed by atoms with van der Waals surface area (Å²) in [6, 6.07) is 7.49. The van der Waals surface area contributed by atoms with Crippen molar-refractivity contribution in [3.8, 4) is 0 Å². The maximum Gasteiger partial charge on any atom is 0.475 e. The van der Waals surface area contributed by atoms with Crippen LogP contribution in [-0.2, 0) is 16.0 Å². The second-order valence-corrected chi connectivity index (χ2v) is 5.49. The van der Waals surface area contributed by atoms with Crippen LogP contribution in [0.15, 0.2) is 34.9 Å². The maximum atomic E-state index is 12.1. The van der Waals surface area contributed by atoms with E-state index in [9.17, 15) is 14.8 Å². The molecule has 1 aliphatic heterocycles. The lowest BCUT2D eigenvalue weighted by atomic mass is 9.75. The van der Waals surface area contributed by atoms with Crippen LogP contribution in [0, 0.1) is 0 Å². The molecule has 1 aromatic heterocycles. The van der Waals surface area contributed by atoms with Crippen molar-refractivity contribution in [3.63, 3.8) is 0 Å². The topological polar surface area (TPSA) is 91.9 Å². The number of hydrogen-bond donors (Lipinski definition) is 3. The van der Waals surface area contributed by atoms with Crippen LogP contribution in [0.2, 0.25) is 0 Å². The van der Waals surface area contributed by atoms with Gasteiger partial charge in [-0.05, 0) is 30.9 Å². The van der Waals surface area contributed by atoms with Gasteiger partial charge in [0, 0.05) is 12.0 Å². The molecule has 22 heavy (non-hydrogen) atoms. The maximum absolute atomic E-state index is 12.1. The number of amides is 1. The summed E-state index contributed by atoms with van der Waals surface area (Å²) in [6.45, 7) is 0.566. The van der Waals surface area contributed by atoms with E-state index in [1.54, 1.807) is 6.26 Å². The number of hydrogen-bond acceptors (Lipinski definition) is 5. The Morgan fingerprint density at radius 2 is 2.23 bits per heavy atom. The Labute approximate surface area is 128 Å². The highest BCUT2D eigenvalue weighted by Crippen LogP contribution is 2.22.